The van der Waals surface area contributed by atoms with Crippen LogP contribution >= 0.6 is 12.2 Å². The van der Waals surface area contributed by atoms with Gasteiger partial charge in [0.1, 0.15) is 4.99 Å². The van der Waals surface area contributed by atoms with Gasteiger partial charge in [-0.2, -0.15) is 0 Å². The minimum Gasteiger partial charge on any atom is -0.389 e. The summed E-state index contributed by atoms with van der Waals surface area (Å²) in [6.45, 7) is 4.00. The fraction of sp³-hybridized carbons (Fsp3) is 0.333. The lowest BCUT2D eigenvalue weighted by Gasteiger charge is -2.10. The van der Waals surface area contributed by atoms with E-state index >= 15 is 0 Å². The van der Waals surface area contributed by atoms with Crippen LogP contribution in [0.5, 0.6) is 0 Å². The van der Waals surface area contributed by atoms with Gasteiger partial charge in [-0.1, -0.05) is 38.2 Å². The first-order valence-electron chi connectivity index (χ1n) is 5.19. The summed E-state index contributed by atoms with van der Waals surface area (Å²) >= 11 is 4.92. The van der Waals surface area contributed by atoms with Crippen molar-refractivity contribution in [1.82, 2.24) is 0 Å². The van der Waals surface area contributed by atoms with Crippen LogP contribution in [0, 0.1) is 5.92 Å². The van der Waals surface area contributed by atoms with Crippen LogP contribution in [0.2, 0.25) is 0 Å². The van der Waals surface area contributed by atoms with E-state index in [1.807, 2.05) is 26.0 Å². The number of carbonyl (C=O) groups is 1. The third-order valence-corrected chi connectivity index (χ3v) is 2.28. The maximum atomic E-state index is 11.6. The van der Waals surface area contributed by atoms with Crippen molar-refractivity contribution in [3.63, 3.8) is 0 Å². The van der Waals surface area contributed by atoms with Crippen LogP contribution in [-0.4, -0.2) is 10.9 Å². The van der Waals surface area contributed by atoms with Crippen LogP contribution in [-0.2, 0) is 4.79 Å². The third kappa shape index (κ3) is 3.62. The Hall–Kier alpha value is -1.42. The number of thiocarbonyl (C=S) groups is 1. The van der Waals surface area contributed by atoms with E-state index < -0.39 is 0 Å². The van der Waals surface area contributed by atoms with E-state index in [0.29, 0.717) is 28.6 Å². The smallest absolute Gasteiger partial charge is 0.224 e. The molecule has 0 fully saturated rings. The van der Waals surface area contributed by atoms with E-state index in [1.165, 1.54) is 0 Å². The Morgan fingerprint density at radius 2 is 2.06 bits per heavy atom. The zero-order valence-electron chi connectivity index (χ0n) is 9.49. The molecule has 1 aromatic carbocycles. The van der Waals surface area contributed by atoms with Crippen LogP contribution in [0.15, 0.2) is 24.3 Å². The second-order valence-electron chi connectivity index (χ2n) is 4.06. The summed E-state index contributed by atoms with van der Waals surface area (Å²) < 4.78 is 0. The molecule has 0 bridgehead atoms. The predicted molar refractivity (Wildman–Crippen MR) is 70.4 cm³/mol. The number of benzene rings is 1. The topological polar surface area (TPSA) is 55.1 Å². The molecule has 1 rings (SSSR count). The zero-order valence-corrected chi connectivity index (χ0v) is 10.3. The predicted octanol–water partition coefficient (Wildman–Crippen LogP) is 2.31. The first-order valence-corrected chi connectivity index (χ1v) is 5.60. The Morgan fingerprint density at radius 1 is 1.44 bits per heavy atom. The molecule has 0 atom stereocenters. The molecule has 0 saturated heterocycles. The standard InChI is InChI=1S/C12H16N2OS/c1-8(2)7-11(15)14-10-6-4-3-5-9(10)12(13)16/h3-6,8H,7H2,1-2H3,(H2,13,16)(H,14,15). The van der Waals surface area contributed by atoms with Crippen molar-refractivity contribution < 1.29 is 4.79 Å². The minimum atomic E-state index is -0.0151. The summed E-state index contributed by atoms with van der Waals surface area (Å²) in [6, 6.07) is 7.28. The second-order valence-corrected chi connectivity index (χ2v) is 4.50. The van der Waals surface area contributed by atoms with Gasteiger partial charge < -0.3 is 11.1 Å². The van der Waals surface area contributed by atoms with E-state index in [1.54, 1.807) is 12.1 Å². The molecule has 86 valence electrons. The van der Waals surface area contributed by atoms with Gasteiger partial charge in [-0.05, 0) is 18.1 Å². The number of nitrogens with two attached hydrogens (primary N) is 1. The molecule has 0 aliphatic rings. The minimum absolute atomic E-state index is 0.0151. The molecule has 0 spiro atoms. The molecule has 1 amide bonds. The van der Waals surface area contributed by atoms with Gasteiger partial charge in [0.2, 0.25) is 5.91 Å². The van der Waals surface area contributed by atoms with Crippen LogP contribution in [0.25, 0.3) is 0 Å². The van der Waals surface area contributed by atoms with E-state index in [9.17, 15) is 4.79 Å². The average Bonchev–Trinajstić information content (AvgIpc) is 2.16. The summed E-state index contributed by atoms with van der Waals surface area (Å²) in [6.07, 6.45) is 0.492. The van der Waals surface area contributed by atoms with Gasteiger partial charge in [0, 0.05) is 12.0 Å². The summed E-state index contributed by atoms with van der Waals surface area (Å²) in [4.78, 5) is 11.9. The molecule has 4 heteroatoms. The van der Waals surface area contributed by atoms with Crippen molar-refractivity contribution in [2.45, 2.75) is 20.3 Å². The highest BCUT2D eigenvalue weighted by Crippen LogP contribution is 2.15. The Balaban J connectivity index is 2.81. The van der Waals surface area contributed by atoms with Crippen molar-refractivity contribution in [1.29, 1.82) is 0 Å². The fourth-order valence-corrected chi connectivity index (χ4v) is 1.56. The Morgan fingerprint density at radius 3 is 2.62 bits per heavy atom. The van der Waals surface area contributed by atoms with Gasteiger partial charge in [-0.25, -0.2) is 0 Å². The largest absolute Gasteiger partial charge is 0.389 e. The fourth-order valence-electron chi connectivity index (χ4n) is 1.38. The highest BCUT2D eigenvalue weighted by Gasteiger charge is 2.09. The number of hydrogen-bond acceptors (Lipinski definition) is 2. The van der Waals surface area contributed by atoms with E-state index in [4.69, 9.17) is 18.0 Å². The van der Waals surface area contributed by atoms with Crippen LogP contribution in [0.4, 0.5) is 5.69 Å². The van der Waals surface area contributed by atoms with Crippen LogP contribution < -0.4 is 11.1 Å². The van der Waals surface area contributed by atoms with E-state index in [-0.39, 0.29) is 5.91 Å². The maximum Gasteiger partial charge on any atom is 0.224 e. The number of amides is 1. The zero-order chi connectivity index (χ0) is 12.1. The van der Waals surface area contributed by atoms with Gasteiger partial charge in [-0.3, -0.25) is 4.79 Å². The number of hydrogen-bond donors (Lipinski definition) is 2. The van der Waals surface area contributed by atoms with Crippen molar-refractivity contribution >= 4 is 28.8 Å². The third-order valence-electron chi connectivity index (χ3n) is 2.06. The monoisotopic (exact) mass is 236 g/mol. The van der Waals surface area contributed by atoms with Crippen LogP contribution in [0.1, 0.15) is 25.8 Å². The Labute approximate surface area is 101 Å². The number of carbonyl (C=O) groups excluding carboxylic acids is 1. The first-order chi connectivity index (χ1) is 7.50. The molecule has 0 aromatic heterocycles. The lowest BCUT2D eigenvalue weighted by molar-refractivity contribution is -0.116. The molecule has 1 aromatic rings. The summed E-state index contributed by atoms with van der Waals surface area (Å²) in [5, 5.41) is 2.82. The molecule has 3 N–H and O–H groups in total. The first kappa shape index (κ1) is 12.6. The molecule has 3 nitrogen and oxygen atoms in total. The highest BCUT2D eigenvalue weighted by molar-refractivity contribution is 7.80. The van der Waals surface area contributed by atoms with Crippen molar-refractivity contribution in [2.75, 3.05) is 5.32 Å². The number of rotatable bonds is 4. The van der Waals surface area contributed by atoms with Gasteiger partial charge in [0.25, 0.3) is 0 Å². The Kier molecular flexibility index (Phi) is 4.43. The van der Waals surface area contributed by atoms with Crippen LogP contribution in [0.3, 0.4) is 0 Å². The van der Waals surface area contributed by atoms with Gasteiger partial charge in [-0.15, -0.1) is 0 Å². The van der Waals surface area contributed by atoms with Crippen molar-refractivity contribution in [2.24, 2.45) is 11.7 Å². The normalized spacial score (nSPS) is 10.2. The molecule has 0 radical (unpaired) electrons. The lowest BCUT2D eigenvalue weighted by atomic mass is 10.1. The molecular weight excluding hydrogens is 220 g/mol. The molecule has 0 unspecified atom stereocenters. The Bertz CT molecular complexity index is 402. The SMILES string of the molecule is CC(C)CC(=O)Nc1ccccc1C(N)=S. The highest BCUT2D eigenvalue weighted by atomic mass is 32.1. The summed E-state index contributed by atoms with van der Waals surface area (Å²) in [5.41, 5.74) is 6.96. The van der Waals surface area contributed by atoms with Crippen molar-refractivity contribution in [3.8, 4) is 0 Å². The van der Waals surface area contributed by atoms with Crippen molar-refractivity contribution in [3.05, 3.63) is 29.8 Å². The van der Waals surface area contributed by atoms with E-state index in [0.717, 1.165) is 0 Å². The molecule has 0 aliphatic carbocycles. The molecular formula is C12H16N2OS. The maximum absolute atomic E-state index is 11.6. The van der Waals surface area contributed by atoms with Gasteiger partial charge >= 0.3 is 0 Å². The molecule has 0 heterocycles. The number of anilines is 1. The van der Waals surface area contributed by atoms with Gasteiger partial charge in [0.05, 0.1) is 5.69 Å². The molecule has 0 saturated carbocycles. The summed E-state index contributed by atoms with van der Waals surface area (Å²) in [5.74, 6) is 0.315. The number of nitrogens with one attached hydrogen (secondary N) is 1. The average molecular weight is 236 g/mol. The lowest BCUT2D eigenvalue weighted by Crippen LogP contribution is -2.18. The summed E-state index contributed by atoms with van der Waals surface area (Å²) in [7, 11) is 0. The van der Waals surface area contributed by atoms with E-state index in [2.05, 4.69) is 5.32 Å². The molecule has 0 aliphatic heterocycles. The quantitative estimate of drug-likeness (QED) is 0.789. The number of para-hydroxylation sites is 1. The van der Waals surface area contributed by atoms with Gasteiger partial charge in [0.15, 0.2) is 0 Å². The molecule has 16 heavy (non-hydrogen) atoms. The second kappa shape index (κ2) is 5.61.